The Morgan fingerprint density at radius 2 is 2.17 bits per heavy atom. The van der Waals surface area contributed by atoms with Gasteiger partial charge in [0.2, 0.25) is 5.89 Å². The van der Waals surface area contributed by atoms with Crippen LogP contribution in [0.25, 0.3) is 10.8 Å². The molecule has 2 aromatic rings. The van der Waals surface area contributed by atoms with Crippen LogP contribution in [0.5, 0.6) is 0 Å². The van der Waals surface area contributed by atoms with E-state index in [2.05, 4.69) is 40.8 Å². The van der Waals surface area contributed by atoms with E-state index in [9.17, 15) is 0 Å². The van der Waals surface area contributed by atoms with Crippen LogP contribution in [0.1, 0.15) is 31.7 Å². The first kappa shape index (κ1) is 13.2. The molecule has 2 rings (SSSR count). The topological polar surface area (TPSA) is 51.0 Å². The molecule has 0 unspecified atom stereocenters. The summed E-state index contributed by atoms with van der Waals surface area (Å²) in [5, 5.41) is 13.6. The summed E-state index contributed by atoms with van der Waals surface area (Å²) in [6.07, 6.45) is 2.93. The first-order valence-corrected chi connectivity index (χ1v) is 7.33. The molecule has 4 nitrogen and oxygen atoms in total. The summed E-state index contributed by atoms with van der Waals surface area (Å²) in [7, 11) is 0. The predicted molar refractivity (Wildman–Crippen MR) is 73.9 cm³/mol. The van der Waals surface area contributed by atoms with E-state index in [1.165, 1.54) is 5.56 Å². The van der Waals surface area contributed by atoms with E-state index in [-0.39, 0.29) is 0 Å². The largest absolute Gasteiger partial charge is 0.420 e. The maximum absolute atomic E-state index is 5.70. The normalized spacial score (nSPS) is 11.0. The minimum atomic E-state index is 0.660. The van der Waals surface area contributed by atoms with Crippen LogP contribution in [-0.4, -0.2) is 23.3 Å². The minimum absolute atomic E-state index is 0.660. The lowest BCUT2D eigenvalue weighted by molar-refractivity contribution is 0.495. The summed E-state index contributed by atoms with van der Waals surface area (Å²) in [5.41, 5.74) is 1.28. The molecule has 0 aromatic carbocycles. The molecule has 0 aliphatic heterocycles. The van der Waals surface area contributed by atoms with Crippen LogP contribution in [0.3, 0.4) is 0 Å². The van der Waals surface area contributed by atoms with Crippen molar-refractivity contribution in [2.24, 2.45) is 0 Å². The Morgan fingerprint density at radius 1 is 1.28 bits per heavy atom. The maximum Gasteiger partial charge on any atom is 0.258 e. The fourth-order valence-electron chi connectivity index (χ4n) is 1.75. The van der Waals surface area contributed by atoms with Gasteiger partial charge in [-0.3, -0.25) is 0 Å². The average molecular weight is 265 g/mol. The molecule has 0 aliphatic rings. The highest BCUT2D eigenvalue weighted by atomic mass is 32.1. The van der Waals surface area contributed by atoms with E-state index in [0.717, 1.165) is 37.2 Å². The average Bonchev–Trinajstić information content (AvgIpc) is 3.02. The zero-order chi connectivity index (χ0) is 12.8. The summed E-state index contributed by atoms with van der Waals surface area (Å²) >= 11 is 1.66. The van der Waals surface area contributed by atoms with Crippen molar-refractivity contribution >= 4 is 11.3 Å². The van der Waals surface area contributed by atoms with Crippen molar-refractivity contribution in [2.45, 2.75) is 33.1 Å². The molecule has 0 spiro atoms. The quantitative estimate of drug-likeness (QED) is 0.782. The number of rotatable bonds is 7. The molecule has 2 heterocycles. The highest BCUT2D eigenvalue weighted by Crippen LogP contribution is 2.28. The van der Waals surface area contributed by atoms with Gasteiger partial charge in [-0.15, -0.1) is 21.5 Å². The molecule has 2 aromatic heterocycles. The number of nitrogens with zero attached hydrogens (tertiary/aromatic N) is 2. The van der Waals surface area contributed by atoms with Gasteiger partial charge in [0.05, 0.1) is 4.88 Å². The van der Waals surface area contributed by atoms with Gasteiger partial charge in [0.25, 0.3) is 5.89 Å². The summed E-state index contributed by atoms with van der Waals surface area (Å²) in [4.78, 5) is 1.11. The number of thiophene rings is 1. The molecule has 18 heavy (non-hydrogen) atoms. The Kier molecular flexibility index (Phi) is 4.90. The Morgan fingerprint density at radius 3 is 2.94 bits per heavy atom. The van der Waals surface area contributed by atoms with Crippen molar-refractivity contribution in [3.05, 3.63) is 22.9 Å². The number of aromatic nitrogens is 2. The monoisotopic (exact) mass is 265 g/mol. The van der Waals surface area contributed by atoms with Crippen LogP contribution in [0.15, 0.2) is 15.9 Å². The Labute approximate surface area is 111 Å². The van der Waals surface area contributed by atoms with Crippen LogP contribution in [0.2, 0.25) is 0 Å². The SMILES string of the molecule is CCCNCCc1nnc(-c2sccc2CC)o1. The molecule has 0 saturated carbocycles. The van der Waals surface area contributed by atoms with Gasteiger partial charge in [-0.05, 0) is 36.4 Å². The molecular formula is C13H19N3OS. The molecular weight excluding hydrogens is 246 g/mol. The second kappa shape index (κ2) is 6.66. The fraction of sp³-hybridized carbons (Fsp3) is 0.538. The van der Waals surface area contributed by atoms with Crippen molar-refractivity contribution in [3.63, 3.8) is 0 Å². The zero-order valence-corrected chi connectivity index (χ0v) is 11.7. The highest BCUT2D eigenvalue weighted by molar-refractivity contribution is 7.13. The third kappa shape index (κ3) is 3.17. The van der Waals surface area contributed by atoms with Crippen LogP contribution in [0.4, 0.5) is 0 Å². The molecule has 0 fully saturated rings. The second-order valence-corrected chi connectivity index (χ2v) is 5.05. The fourth-order valence-corrected chi connectivity index (χ4v) is 2.66. The maximum atomic E-state index is 5.70. The number of nitrogens with one attached hydrogen (secondary N) is 1. The van der Waals surface area contributed by atoms with E-state index < -0.39 is 0 Å². The van der Waals surface area contributed by atoms with Gasteiger partial charge in [0.15, 0.2) is 0 Å². The van der Waals surface area contributed by atoms with Crippen molar-refractivity contribution < 1.29 is 4.42 Å². The molecule has 0 aliphatic carbocycles. The van der Waals surface area contributed by atoms with Crippen LogP contribution in [0, 0.1) is 0 Å². The van der Waals surface area contributed by atoms with Crippen molar-refractivity contribution in [1.29, 1.82) is 0 Å². The predicted octanol–water partition coefficient (Wildman–Crippen LogP) is 2.90. The third-order valence-corrected chi connectivity index (χ3v) is 3.68. The van der Waals surface area contributed by atoms with E-state index >= 15 is 0 Å². The summed E-state index contributed by atoms with van der Waals surface area (Å²) in [6, 6.07) is 2.12. The van der Waals surface area contributed by atoms with Crippen molar-refractivity contribution in [2.75, 3.05) is 13.1 Å². The molecule has 0 radical (unpaired) electrons. The lowest BCUT2D eigenvalue weighted by Crippen LogP contribution is -2.17. The lowest BCUT2D eigenvalue weighted by Gasteiger charge is -1.98. The van der Waals surface area contributed by atoms with Gasteiger partial charge in [-0.1, -0.05) is 13.8 Å². The molecule has 0 saturated heterocycles. The zero-order valence-electron chi connectivity index (χ0n) is 10.9. The standard InChI is InChI=1S/C13H19N3OS/c1-3-7-14-8-5-11-15-16-13(17-11)12-10(4-2)6-9-18-12/h6,9,14H,3-5,7-8H2,1-2H3. The molecule has 5 heteroatoms. The Balaban J connectivity index is 1.97. The third-order valence-electron chi connectivity index (χ3n) is 2.73. The van der Waals surface area contributed by atoms with Gasteiger partial charge in [0, 0.05) is 13.0 Å². The van der Waals surface area contributed by atoms with E-state index in [1.807, 2.05) is 0 Å². The van der Waals surface area contributed by atoms with Crippen molar-refractivity contribution in [3.8, 4) is 10.8 Å². The number of hydrogen-bond donors (Lipinski definition) is 1. The summed E-state index contributed by atoms with van der Waals surface area (Å²) < 4.78 is 5.70. The van der Waals surface area contributed by atoms with Crippen LogP contribution >= 0.6 is 11.3 Å². The molecule has 98 valence electrons. The van der Waals surface area contributed by atoms with Crippen LogP contribution < -0.4 is 5.32 Å². The first-order valence-electron chi connectivity index (χ1n) is 6.45. The van der Waals surface area contributed by atoms with Gasteiger partial charge < -0.3 is 9.73 Å². The summed E-state index contributed by atoms with van der Waals surface area (Å²) in [5.74, 6) is 1.37. The molecule has 0 bridgehead atoms. The van der Waals surface area contributed by atoms with Gasteiger partial charge in [-0.2, -0.15) is 0 Å². The van der Waals surface area contributed by atoms with E-state index in [1.54, 1.807) is 11.3 Å². The van der Waals surface area contributed by atoms with Gasteiger partial charge >= 0.3 is 0 Å². The number of aryl methyl sites for hydroxylation is 1. The molecule has 0 amide bonds. The highest BCUT2D eigenvalue weighted by Gasteiger charge is 2.12. The van der Waals surface area contributed by atoms with Gasteiger partial charge in [-0.25, -0.2) is 0 Å². The Hall–Kier alpha value is -1.20. The smallest absolute Gasteiger partial charge is 0.258 e. The molecule has 0 atom stereocenters. The lowest BCUT2D eigenvalue weighted by atomic mass is 10.2. The van der Waals surface area contributed by atoms with Gasteiger partial charge in [0.1, 0.15) is 0 Å². The van der Waals surface area contributed by atoms with E-state index in [0.29, 0.717) is 11.8 Å². The first-order chi connectivity index (χ1) is 8.85. The van der Waals surface area contributed by atoms with Crippen molar-refractivity contribution in [1.82, 2.24) is 15.5 Å². The van der Waals surface area contributed by atoms with Crippen LogP contribution in [-0.2, 0) is 12.8 Å². The van der Waals surface area contributed by atoms with E-state index in [4.69, 9.17) is 4.42 Å². The number of hydrogen-bond acceptors (Lipinski definition) is 5. The summed E-state index contributed by atoms with van der Waals surface area (Å²) in [6.45, 7) is 6.21. The minimum Gasteiger partial charge on any atom is -0.420 e. The molecule has 1 N–H and O–H groups in total. The second-order valence-electron chi connectivity index (χ2n) is 4.13. The Bertz CT molecular complexity index is 478.